The summed E-state index contributed by atoms with van der Waals surface area (Å²) in [4.78, 5) is 29.6. The van der Waals surface area contributed by atoms with Crippen LogP contribution in [0.25, 0.3) is 0 Å². The van der Waals surface area contributed by atoms with Crippen LogP contribution in [0, 0.1) is 6.92 Å². The molecule has 0 bridgehead atoms. The van der Waals surface area contributed by atoms with Crippen molar-refractivity contribution >= 4 is 11.8 Å². The van der Waals surface area contributed by atoms with Crippen molar-refractivity contribution in [2.45, 2.75) is 70.5 Å². The van der Waals surface area contributed by atoms with Gasteiger partial charge in [-0.2, -0.15) is 0 Å². The van der Waals surface area contributed by atoms with E-state index in [2.05, 4.69) is 5.32 Å². The number of nitrogens with zero attached hydrogens (tertiary/aromatic N) is 1. The van der Waals surface area contributed by atoms with Gasteiger partial charge in [-0.1, -0.05) is 73.5 Å². The van der Waals surface area contributed by atoms with Crippen molar-refractivity contribution in [2.75, 3.05) is 14.2 Å². The maximum absolute atomic E-state index is 14.0. The van der Waals surface area contributed by atoms with Crippen LogP contribution in [-0.2, 0) is 29.0 Å². The van der Waals surface area contributed by atoms with Gasteiger partial charge in [0.05, 0.1) is 14.2 Å². The van der Waals surface area contributed by atoms with Crippen LogP contribution in [0.5, 0.6) is 11.5 Å². The fourth-order valence-electron chi connectivity index (χ4n) is 5.32. The van der Waals surface area contributed by atoms with Gasteiger partial charge in [0, 0.05) is 25.4 Å². The van der Waals surface area contributed by atoms with Crippen molar-refractivity contribution in [2.24, 2.45) is 0 Å². The molecule has 1 unspecified atom stereocenters. The fourth-order valence-corrected chi connectivity index (χ4v) is 5.32. The number of carbonyl (C=O) groups excluding carboxylic acids is 2. The van der Waals surface area contributed by atoms with E-state index in [1.54, 1.807) is 19.1 Å². The lowest BCUT2D eigenvalue weighted by Gasteiger charge is -2.33. The number of hydrogen-bond donors (Lipinski definition) is 1. The van der Waals surface area contributed by atoms with E-state index in [1.165, 1.54) is 0 Å². The Labute approximate surface area is 232 Å². The van der Waals surface area contributed by atoms with Gasteiger partial charge in [0.15, 0.2) is 11.5 Å². The molecular formula is C33H40N2O4. The Kier molecular flexibility index (Phi) is 10.0. The molecule has 1 atom stereocenters. The van der Waals surface area contributed by atoms with Crippen molar-refractivity contribution in [1.29, 1.82) is 0 Å². The number of ether oxygens (including phenoxy) is 2. The molecule has 0 heterocycles. The first kappa shape index (κ1) is 28.2. The number of methoxy groups -OCH3 is 2. The second-order valence-electron chi connectivity index (χ2n) is 10.3. The lowest BCUT2D eigenvalue weighted by atomic mass is 10.00. The third-order valence-electron chi connectivity index (χ3n) is 7.65. The Bertz CT molecular complexity index is 1240. The second-order valence-corrected chi connectivity index (χ2v) is 10.3. The molecule has 3 aromatic carbocycles. The molecule has 0 radical (unpaired) electrons. The summed E-state index contributed by atoms with van der Waals surface area (Å²) in [6.45, 7) is 2.43. The van der Waals surface area contributed by atoms with Crippen LogP contribution in [0.4, 0.5) is 0 Å². The zero-order chi connectivity index (χ0) is 27.6. The molecule has 1 aliphatic carbocycles. The maximum Gasteiger partial charge on any atom is 0.243 e. The Morgan fingerprint density at radius 1 is 0.897 bits per heavy atom. The molecule has 1 fully saturated rings. The molecule has 6 heteroatoms. The molecule has 1 N–H and O–H groups in total. The quantitative estimate of drug-likeness (QED) is 0.330. The Hall–Kier alpha value is -3.80. The molecule has 3 aromatic rings. The molecule has 4 rings (SSSR count). The van der Waals surface area contributed by atoms with Gasteiger partial charge in [0.25, 0.3) is 0 Å². The van der Waals surface area contributed by atoms with Crippen LogP contribution < -0.4 is 14.8 Å². The lowest BCUT2D eigenvalue weighted by molar-refractivity contribution is -0.141. The van der Waals surface area contributed by atoms with E-state index in [0.717, 1.165) is 47.9 Å². The first-order valence-corrected chi connectivity index (χ1v) is 13.9. The van der Waals surface area contributed by atoms with Crippen molar-refractivity contribution < 1.29 is 19.1 Å². The predicted molar refractivity (Wildman–Crippen MR) is 154 cm³/mol. The zero-order valence-corrected chi connectivity index (χ0v) is 23.3. The topological polar surface area (TPSA) is 67.9 Å². The number of nitrogens with one attached hydrogen (secondary N) is 1. The van der Waals surface area contributed by atoms with E-state index < -0.39 is 6.04 Å². The van der Waals surface area contributed by atoms with E-state index in [4.69, 9.17) is 9.47 Å². The Morgan fingerprint density at radius 3 is 2.28 bits per heavy atom. The molecule has 39 heavy (non-hydrogen) atoms. The average Bonchev–Trinajstić information content (AvgIpc) is 3.47. The van der Waals surface area contributed by atoms with Gasteiger partial charge in [-0.15, -0.1) is 0 Å². The predicted octanol–water partition coefficient (Wildman–Crippen LogP) is 5.64. The number of rotatable bonds is 12. The van der Waals surface area contributed by atoms with Gasteiger partial charge in [-0.3, -0.25) is 9.59 Å². The minimum Gasteiger partial charge on any atom is -0.493 e. The van der Waals surface area contributed by atoms with Crippen LogP contribution in [0.15, 0.2) is 72.8 Å². The molecule has 206 valence electrons. The van der Waals surface area contributed by atoms with E-state index in [-0.39, 0.29) is 24.3 Å². The van der Waals surface area contributed by atoms with E-state index in [0.29, 0.717) is 30.9 Å². The second kappa shape index (κ2) is 13.8. The van der Waals surface area contributed by atoms with E-state index in [9.17, 15) is 9.59 Å². The van der Waals surface area contributed by atoms with Crippen molar-refractivity contribution in [1.82, 2.24) is 10.2 Å². The SMILES string of the molecule is COc1ccc(CCC(=O)N(Cc2ccccc2C)C(Cc2ccccc2)C(=O)NC2CCCC2)cc1OC. The number of hydrogen-bond acceptors (Lipinski definition) is 4. The standard InChI is InChI=1S/C33H40N2O4/c1-24-11-7-8-14-27(24)23-35(32(36)20-18-26-17-19-30(38-2)31(22-26)39-3)29(21-25-12-5-4-6-13-25)33(37)34-28-15-9-10-16-28/h4-8,11-14,17,19,22,28-29H,9-10,15-16,18,20-21,23H2,1-3H3,(H,34,37). The minimum atomic E-state index is -0.606. The fraction of sp³-hybridized carbons (Fsp3) is 0.394. The van der Waals surface area contributed by atoms with Crippen molar-refractivity contribution in [3.63, 3.8) is 0 Å². The molecule has 0 aliphatic heterocycles. The monoisotopic (exact) mass is 528 g/mol. The Balaban J connectivity index is 1.61. The molecular weight excluding hydrogens is 488 g/mol. The van der Waals surface area contributed by atoms with Crippen molar-refractivity contribution in [3.8, 4) is 11.5 Å². The van der Waals surface area contributed by atoms with Crippen LogP contribution in [-0.4, -0.2) is 43.0 Å². The summed E-state index contributed by atoms with van der Waals surface area (Å²) in [5, 5.41) is 3.27. The molecule has 0 aromatic heterocycles. The first-order chi connectivity index (χ1) is 19.0. The first-order valence-electron chi connectivity index (χ1n) is 13.9. The summed E-state index contributed by atoms with van der Waals surface area (Å²) in [5.41, 5.74) is 4.16. The highest BCUT2D eigenvalue weighted by atomic mass is 16.5. The molecule has 0 saturated heterocycles. The van der Waals surface area contributed by atoms with Crippen LogP contribution >= 0.6 is 0 Å². The summed E-state index contributed by atoms with van der Waals surface area (Å²) in [7, 11) is 3.21. The largest absolute Gasteiger partial charge is 0.493 e. The summed E-state index contributed by atoms with van der Waals surface area (Å²) in [6.07, 6.45) is 5.53. The summed E-state index contributed by atoms with van der Waals surface area (Å²) < 4.78 is 10.8. The minimum absolute atomic E-state index is 0.0458. The summed E-state index contributed by atoms with van der Waals surface area (Å²) in [6, 6.07) is 23.3. The van der Waals surface area contributed by atoms with Crippen LogP contribution in [0.2, 0.25) is 0 Å². The van der Waals surface area contributed by atoms with Gasteiger partial charge in [0.2, 0.25) is 11.8 Å². The summed E-state index contributed by atoms with van der Waals surface area (Å²) >= 11 is 0. The highest BCUT2D eigenvalue weighted by Crippen LogP contribution is 2.28. The molecule has 6 nitrogen and oxygen atoms in total. The third kappa shape index (κ3) is 7.62. The molecule has 2 amide bonds. The van der Waals surface area contributed by atoms with Crippen LogP contribution in [0.1, 0.15) is 54.4 Å². The third-order valence-corrected chi connectivity index (χ3v) is 7.65. The smallest absolute Gasteiger partial charge is 0.243 e. The maximum atomic E-state index is 14.0. The average molecular weight is 529 g/mol. The lowest BCUT2D eigenvalue weighted by Crippen LogP contribution is -2.52. The zero-order valence-electron chi connectivity index (χ0n) is 23.3. The number of benzene rings is 3. The van der Waals surface area contributed by atoms with E-state index in [1.807, 2.05) is 79.7 Å². The van der Waals surface area contributed by atoms with Gasteiger partial charge >= 0.3 is 0 Å². The van der Waals surface area contributed by atoms with E-state index >= 15 is 0 Å². The molecule has 1 saturated carbocycles. The summed E-state index contributed by atoms with van der Waals surface area (Å²) in [5.74, 6) is 1.17. The number of amides is 2. The van der Waals surface area contributed by atoms with Crippen molar-refractivity contribution in [3.05, 3.63) is 95.1 Å². The number of carbonyl (C=O) groups is 2. The highest BCUT2D eigenvalue weighted by molar-refractivity contribution is 5.88. The normalized spacial score (nSPS) is 14.0. The van der Waals surface area contributed by atoms with Gasteiger partial charge < -0.3 is 19.7 Å². The van der Waals surface area contributed by atoms with Crippen LogP contribution in [0.3, 0.4) is 0 Å². The molecule has 1 aliphatic rings. The highest BCUT2D eigenvalue weighted by Gasteiger charge is 2.32. The van der Waals surface area contributed by atoms with Gasteiger partial charge in [-0.25, -0.2) is 0 Å². The Morgan fingerprint density at radius 2 is 1.59 bits per heavy atom. The molecule has 0 spiro atoms. The van der Waals surface area contributed by atoms with Gasteiger partial charge in [0.1, 0.15) is 6.04 Å². The van der Waals surface area contributed by atoms with Gasteiger partial charge in [-0.05, 0) is 60.6 Å². The number of aryl methyl sites for hydroxylation is 2.